The van der Waals surface area contributed by atoms with Crippen LogP contribution in [0.5, 0.6) is 0 Å². The van der Waals surface area contributed by atoms with Crippen LogP contribution in [0.25, 0.3) is 88.7 Å². The van der Waals surface area contributed by atoms with E-state index in [1.165, 1.54) is 83.1 Å². The van der Waals surface area contributed by atoms with Gasteiger partial charge in [0.05, 0.1) is 0 Å². The molecule has 306 valence electrons. The molecule has 0 fully saturated rings. The molecule has 0 amide bonds. The lowest BCUT2D eigenvalue weighted by Crippen LogP contribution is -2.10. The van der Waals surface area contributed by atoms with Gasteiger partial charge in [-0.15, -0.1) is 0 Å². The summed E-state index contributed by atoms with van der Waals surface area (Å²) in [7, 11) is 0. The monoisotopic (exact) mass is 827 g/mol. The Labute approximate surface area is 381 Å². The highest BCUT2D eigenvalue weighted by Gasteiger charge is 2.20. The number of hydrogen-bond donors (Lipinski definition) is 0. The van der Waals surface area contributed by atoms with Crippen molar-refractivity contribution in [1.82, 2.24) is 0 Å². The Balaban J connectivity index is 1.08. The van der Waals surface area contributed by atoms with Crippen molar-refractivity contribution in [3.63, 3.8) is 0 Å². The smallest absolute Gasteiger partial charge is 0.0467 e. The van der Waals surface area contributed by atoms with Crippen molar-refractivity contribution in [1.29, 1.82) is 0 Å². The van der Waals surface area contributed by atoms with Crippen LogP contribution in [0.15, 0.2) is 273 Å². The van der Waals surface area contributed by atoms with Gasteiger partial charge in [-0.05, 0) is 137 Å². The van der Waals surface area contributed by atoms with Crippen LogP contribution in [0.4, 0.5) is 17.1 Å². The van der Waals surface area contributed by atoms with Gasteiger partial charge in [0.2, 0.25) is 0 Å². The summed E-state index contributed by atoms with van der Waals surface area (Å²) in [6.45, 7) is 0. The van der Waals surface area contributed by atoms with Crippen LogP contribution in [0.1, 0.15) is 0 Å². The second kappa shape index (κ2) is 17.7. The number of nitrogens with zero attached hydrogens (tertiary/aromatic N) is 1. The highest BCUT2D eigenvalue weighted by atomic mass is 15.1. The highest BCUT2D eigenvalue weighted by molar-refractivity contribution is 6.00. The molecule has 0 saturated carbocycles. The second-order valence-electron chi connectivity index (χ2n) is 16.5. The highest BCUT2D eigenvalue weighted by Crippen LogP contribution is 2.46. The Kier molecular flexibility index (Phi) is 10.7. The van der Waals surface area contributed by atoms with Gasteiger partial charge in [0.1, 0.15) is 0 Å². The van der Waals surface area contributed by atoms with E-state index in [-0.39, 0.29) is 0 Å². The molecular formula is C64H45N. The standard InChI is InChI=1S/C64H45N/c1-5-18-46(19-6-1)48-34-36-49(37-35-48)50-38-40-57(41-39-50)65(58-30-15-28-54(42-58)61-33-17-27-51-26-13-14-32-60(51)61)59-31-16-29-55(43-59)64-62(52-22-9-3-10-23-52)44-56(47-20-7-2-8-21-47)45-63(64)53-24-11-4-12-25-53/h1-45H. The zero-order valence-corrected chi connectivity index (χ0v) is 35.9. The third kappa shape index (κ3) is 8.04. The number of hydrogen-bond acceptors (Lipinski definition) is 1. The molecule has 0 heterocycles. The lowest BCUT2D eigenvalue weighted by molar-refractivity contribution is 1.28. The van der Waals surface area contributed by atoms with Gasteiger partial charge in [-0.3, -0.25) is 0 Å². The van der Waals surface area contributed by atoms with E-state index in [1.807, 2.05) is 0 Å². The zero-order chi connectivity index (χ0) is 43.4. The first-order valence-electron chi connectivity index (χ1n) is 22.3. The van der Waals surface area contributed by atoms with Crippen molar-refractivity contribution in [3.8, 4) is 77.9 Å². The molecule has 0 aliphatic carbocycles. The van der Waals surface area contributed by atoms with Crippen molar-refractivity contribution in [2.24, 2.45) is 0 Å². The molecule has 0 saturated heterocycles. The van der Waals surface area contributed by atoms with Gasteiger partial charge in [-0.2, -0.15) is 0 Å². The Morgan fingerprint density at radius 2 is 0.585 bits per heavy atom. The van der Waals surface area contributed by atoms with Crippen LogP contribution in [-0.2, 0) is 0 Å². The van der Waals surface area contributed by atoms with Crippen LogP contribution in [-0.4, -0.2) is 0 Å². The van der Waals surface area contributed by atoms with Crippen LogP contribution < -0.4 is 4.90 Å². The van der Waals surface area contributed by atoms with Gasteiger partial charge < -0.3 is 4.90 Å². The molecule has 0 N–H and O–H groups in total. The lowest BCUT2D eigenvalue weighted by Gasteiger charge is -2.27. The minimum atomic E-state index is 1.07. The third-order valence-corrected chi connectivity index (χ3v) is 12.5. The molecule has 11 aromatic carbocycles. The Bertz CT molecular complexity index is 3310. The normalized spacial score (nSPS) is 11.1. The molecule has 65 heavy (non-hydrogen) atoms. The second-order valence-corrected chi connectivity index (χ2v) is 16.5. The molecule has 0 spiro atoms. The van der Waals surface area contributed by atoms with E-state index in [9.17, 15) is 0 Å². The van der Waals surface area contributed by atoms with Crippen LogP contribution in [0, 0.1) is 0 Å². The summed E-state index contributed by atoms with van der Waals surface area (Å²) in [6, 6.07) is 98.9. The van der Waals surface area contributed by atoms with E-state index in [2.05, 4.69) is 278 Å². The van der Waals surface area contributed by atoms with Gasteiger partial charge in [0.15, 0.2) is 0 Å². The van der Waals surface area contributed by atoms with E-state index >= 15 is 0 Å². The van der Waals surface area contributed by atoms with Crippen molar-refractivity contribution in [3.05, 3.63) is 273 Å². The summed E-state index contributed by atoms with van der Waals surface area (Å²) in [5.41, 5.74) is 19.8. The van der Waals surface area contributed by atoms with E-state index in [0.29, 0.717) is 0 Å². The number of anilines is 3. The Hall–Kier alpha value is -8.52. The summed E-state index contributed by atoms with van der Waals surface area (Å²) in [5.74, 6) is 0. The number of benzene rings is 11. The largest absolute Gasteiger partial charge is 0.310 e. The average molecular weight is 828 g/mol. The maximum atomic E-state index is 2.41. The molecule has 0 aliphatic heterocycles. The molecule has 0 bridgehead atoms. The number of fused-ring (bicyclic) bond motifs is 1. The summed E-state index contributed by atoms with van der Waals surface area (Å²) in [5, 5.41) is 2.47. The minimum absolute atomic E-state index is 1.07. The summed E-state index contributed by atoms with van der Waals surface area (Å²) < 4.78 is 0. The predicted octanol–water partition coefficient (Wildman–Crippen LogP) is 18.0. The Morgan fingerprint density at radius 3 is 1.14 bits per heavy atom. The fraction of sp³-hybridized carbons (Fsp3) is 0. The quantitative estimate of drug-likeness (QED) is 0.133. The SMILES string of the molecule is c1ccc(-c2ccc(-c3ccc(N(c4cccc(-c5c(-c6ccccc6)cc(-c6ccccc6)cc5-c5ccccc5)c4)c4cccc(-c5cccc6ccccc56)c4)cc3)cc2)cc1. The molecular weight excluding hydrogens is 783 g/mol. The average Bonchev–Trinajstić information content (AvgIpc) is 3.39. The Morgan fingerprint density at radius 1 is 0.200 bits per heavy atom. The lowest BCUT2D eigenvalue weighted by atomic mass is 9.84. The first-order chi connectivity index (χ1) is 32.2. The molecule has 1 nitrogen and oxygen atoms in total. The van der Waals surface area contributed by atoms with Crippen LogP contribution in [0.2, 0.25) is 0 Å². The first kappa shape index (κ1) is 39.3. The maximum Gasteiger partial charge on any atom is 0.0467 e. The molecule has 11 rings (SSSR count). The molecule has 1 heteroatoms. The van der Waals surface area contributed by atoms with Crippen LogP contribution >= 0.6 is 0 Å². The van der Waals surface area contributed by atoms with Crippen LogP contribution in [0.3, 0.4) is 0 Å². The molecule has 0 atom stereocenters. The van der Waals surface area contributed by atoms with E-state index in [4.69, 9.17) is 0 Å². The minimum Gasteiger partial charge on any atom is -0.310 e. The third-order valence-electron chi connectivity index (χ3n) is 12.5. The van der Waals surface area contributed by atoms with E-state index in [0.717, 1.165) is 22.6 Å². The maximum absolute atomic E-state index is 2.41. The summed E-state index contributed by atoms with van der Waals surface area (Å²) >= 11 is 0. The predicted molar refractivity (Wildman–Crippen MR) is 277 cm³/mol. The topological polar surface area (TPSA) is 3.24 Å². The van der Waals surface area contributed by atoms with Gasteiger partial charge >= 0.3 is 0 Å². The fourth-order valence-corrected chi connectivity index (χ4v) is 9.27. The zero-order valence-electron chi connectivity index (χ0n) is 35.9. The van der Waals surface area contributed by atoms with Gasteiger partial charge in [-0.25, -0.2) is 0 Å². The van der Waals surface area contributed by atoms with E-state index in [1.54, 1.807) is 0 Å². The molecule has 0 aliphatic rings. The first-order valence-corrected chi connectivity index (χ1v) is 22.3. The van der Waals surface area contributed by atoms with Gasteiger partial charge in [0.25, 0.3) is 0 Å². The fourth-order valence-electron chi connectivity index (χ4n) is 9.27. The van der Waals surface area contributed by atoms with Crippen molar-refractivity contribution >= 4 is 27.8 Å². The molecule has 0 unspecified atom stereocenters. The summed E-state index contributed by atoms with van der Waals surface area (Å²) in [4.78, 5) is 2.41. The van der Waals surface area contributed by atoms with Crippen molar-refractivity contribution in [2.45, 2.75) is 0 Å². The summed E-state index contributed by atoms with van der Waals surface area (Å²) in [6.07, 6.45) is 0. The molecule has 0 radical (unpaired) electrons. The van der Waals surface area contributed by atoms with Gasteiger partial charge in [0, 0.05) is 17.1 Å². The molecule has 0 aromatic heterocycles. The number of rotatable bonds is 10. The van der Waals surface area contributed by atoms with E-state index < -0.39 is 0 Å². The van der Waals surface area contributed by atoms with Crippen molar-refractivity contribution < 1.29 is 0 Å². The van der Waals surface area contributed by atoms with Crippen molar-refractivity contribution in [2.75, 3.05) is 4.90 Å². The molecule has 11 aromatic rings. The van der Waals surface area contributed by atoms with Gasteiger partial charge in [-0.1, -0.05) is 224 Å².